The summed E-state index contributed by atoms with van der Waals surface area (Å²) >= 11 is 12.5. The maximum Gasteiger partial charge on any atom is 0.0486 e. The maximum atomic E-state index is 6.38. The molecule has 2 saturated heterocycles. The molecule has 0 aromatic heterocycles. The Balaban J connectivity index is 1.78. The number of benzene rings is 1. The van der Waals surface area contributed by atoms with Crippen molar-refractivity contribution >= 4 is 23.2 Å². The fraction of sp³-hybridized carbons (Fsp3) is 0.625. The molecule has 2 unspecified atom stereocenters. The van der Waals surface area contributed by atoms with Gasteiger partial charge in [-0.05, 0) is 43.1 Å². The van der Waals surface area contributed by atoms with Crippen molar-refractivity contribution in [2.24, 2.45) is 5.73 Å². The maximum absolute atomic E-state index is 6.38. The van der Waals surface area contributed by atoms with E-state index in [2.05, 4.69) is 9.80 Å². The summed E-state index contributed by atoms with van der Waals surface area (Å²) in [5.74, 6) is 0. The van der Waals surface area contributed by atoms with Gasteiger partial charge in [0, 0.05) is 48.3 Å². The van der Waals surface area contributed by atoms with E-state index in [4.69, 9.17) is 28.9 Å². The summed E-state index contributed by atoms with van der Waals surface area (Å²) < 4.78 is 0. The Morgan fingerprint density at radius 1 is 1.19 bits per heavy atom. The topological polar surface area (TPSA) is 32.5 Å². The molecule has 3 rings (SSSR count). The van der Waals surface area contributed by atoms with Gasteiger partial charge in [-0.25, -0.2) is 0 Å². The van der Waals surface area contributed by atoms with E-state index >= 15 is 0 Å². The van der Waals surface area contributed by atoms with Crippen LogP contribution >= 0.6 is 23.2 Å². The zero-order valence-electron chi connectivity index (χ0n) is 12.3. The first-order chi connectivity index (χ1) is 10.2. The second-order valence-corrected chi connectivity index (χ2v) is 6.94. The number of halogens is 2. The summed E-state index contributed by atoms with van der Waals surface area (Å²) in [6.45, 7) is 5.11. The summed E-state index contributed by atoms with van der Waals surface area (Å²) in [5, 5.41) is 1.49. The molecule has 0 aliphatic carbocycles. The monoisotopic (exact) mass is 327 g/mol. The van der Waals surface area contributed by atoms with Crippen LogP contribution in [0.15, 0.2) is 18.2 Å². The number of piperazine rings is 1. The van der Waals surface area contributed by atoms with Crippen LogP contribution in [0.4, 0.5) is 0 Å². The van der Waals surface area contributed by atoms with E-state index in [-0.39, 0.29) is 6.04 Å². The average Bonchev–Trinajstić information content (AvgIpc) is 2.51. The Labute approximate surface area is 137 Å². The van der Waals surface area contributed by atoms with Crippen molar-refractivity contribution in [3.05, 3.63) is 33.8 Å². The molecule has 0 spiro atoms. The number of nitrogens with two attached hydrogens (primary N) is 1. The molecule has 2 aliphatic heterocycles. The van der Waals surface area contributed by atoms with Crippen molar-refractivity contribution < 1.29 is 0 Å². The van der Waals surface area contributed by atoms with Crippen LogP contribution in [0.3, 0.4) is 0 Å². The lowest BCUT2D eigenvalue weighted by Crippen LogP contribution is -2.56. The van der Waals surface area contributed by atoms with Crippen LogP contribution in [-0.2, 0) is 0 Å². The van der Waals surface area contributed by atoms with Crippen LogP contribution < -0.4 is 5.73 Å². The van der Waals surface area contributed by atoms with E-state index < -0.39 is 0 Å². The predicted molar refractivity (Wildman–Crippen MR) is 89.0 cm³/mol. The molecule has 0 bridgehead atoms. The van der Waals surface area contributed by atoms with Crippen molar-refractivity contribution in [2.75, 3.05) is 32.7 Å². The van der Waals surface area contributed by atoms with E-state index in [0.29, 0.717) is 12.6 Å². The Morgan fingerprint density at radius 2 is 2.05 bits per heavy atom. The van der Waals surface area contributed by atoms with E-state index in [1.165, 1.54) is 25.8 Å². The third-order valence-corrected chi connectivity index (χ3v) is 5.43. The second kappa shape index (κ2) is 6.84. The molecule has 3 nitrogen and oxygen atoms in total. The lowest BCUT2D eigenvalue weighted by Gasteiger charge is -2.46. The number of fused-ring (bicyclic) bond motifs is 1. The van der Waals surface area contributed by atoms with E-state index in [9.17, 15) is 0 Å². The molecule has 0 radical (unpaired) electrons. The molecule has 2 atom stereocenters. The molecule has 2 heterocycles. The van der Waals surface area contributed by atoms with Gasteiger partial charge < -0.3 is 5.73 Å². The fourth-order valence-corrected chi connectivity index (χ4v) is 4.13. The highest BCUT2D eigenvalue weighted by molar-refractivity contribution is 6.33. The summed E-state index contributed by atoms with van der Waals surface area (Å²) in [7, 11) is 0. The molecule has 1 aromatic carbocycles. The quantitative estimate of drug-likeness (QED) is 0.925. The van der Waals surface area contributed by atoms with Gasteiger partial charge in [0.1, 0.15) is 0 Å². The van der Waals surface area contributed by atoms with Gasteiger partial charge >= 0.3 is 0 Å². The van der Waals surface area contributed by atoms with Gasteiger partial charge in [0.25, 0.3) is 0 Å². The number of hydrogen-bond acceptors (Lipinski definition) is 3. The molecule has 0 amide bonds. The Bertz CT molecular complexity index is 494. The highest BCUT2D eigenvalue weighted by Crippen LogP contribution is 2.32. The number of nitrogens with zero attached hydrogens (tertiary/aromatic N) is 2. The van der Waals surface area contributed by atoms with Crippen LogP contribution in [-0.4, -0.2) is 48.6 Å². The van der Waals surface area contributed by atoms with Crippen molar-refractivity contribution in [2.45, 2.75) is 31.3 Å². The van der Waals surface area contributed by atoms with Gasteiger partial charge in [0.15, 0.2) is 0 Å². The molecule has 1 aromatic rings. The molecule has 116 valence electrons. The zero-order valence-corrected chi connectivity index (χ0v) is 13.8. The van der Waals surface area contributed by atoms with Gasteiger partial charge in [-0.3, -0.25) is 9.80 Å². The van der Waals surface area contributed by atoms with Crippen molar-refractivity contribution in [1.29, 1.82) is 0 Å². The smallest absolute Gasteiger partial charge is 0.0486 e. The highest BCUT2D eigenvalue weighted by atomic mass is 35.5. The molecule has 2 fully saturated rings. The first-order valence-corrected chi connectivity index (χ1v) is 8.57. The Kier molecular flexibility index (Phi) is 5.07. The van der Waals surface area contributed by atoms with Gasteiger partial charge in [0.05, 0.1) is 0 Å². The van der Waals surface area contributed by atoms with Crippen LogP contribution in [0, 0.1) is 0 Å². The minimum atomic E-state index is 0.167. The van der Waals surface area contributed by atoms with Crippen molar-refractivity contribution in [1.82, 2.24) is 9.80 Å². The van der Waals surface area contributed by atoms with E-state index in [1.807, 2.05) is 18.2 Å². The standard InChI is InChI=1S/C16H23Cl2N3/c17-12-4-5-15(18)14(9-12)16(10-19)21-8-7-20-6-2-1-3-13(20)11-21/h4-5,9,13,16H,1-3,6-8,10-11,19H2. The summed E-state index contributed by atoms with van der Waals surface area (Å²) in [5.41, 5.74) is 7.13. The van der Waals surface area contributed by atoms with Crippen molar-refractivity contribution in [3.8, 4) is 0 Å². The SMILES string of the molecule is NCC(c1cc(Cl)ccc1Cl)N1CCN2CCCCC2C1. The van der Waals surface area contributed by atoms with Crippen LogP contribution in [0.2, 0.25) is 10.0 Å². The van der Waals surface area contributed by atoms with Gasteiger partial charge in [-0.1, -0.05) is 29.6 Å². The van der Waals surface area contributed by atoms with Gasteiger partial charge in [0.2, 0.25) is 0 Å². The molecule has 2 aliphatic rings. The third kappa shape index (κ3) is 3.38. The molecular formula is C16H23Cl2N3. The third-order valence-electron chi connectivity index (χ3n) is 4.85. The number of hydrogen-bond donors (Lipinski definition) is 1. The number of rotatable bonds is 3. The van der Waals surface area contributed by atoms with Crippen LogP contribution in [0.1, 0.15) is 30.9 Å². The summed E-state index contributed by atoms with van der Waals surface area (Å²) in [6, 6.07) is 6.52. The first kappa shape index (κ1) is 15.6. The molecule has 0 saturated carbocycles. The fourth-order valence-electron chi connectivity index (χ4n) is 3.71. The van der Waals surface area contributed by atoms with Crippen molar-refractivity contribution in [3.63, 3.8) is 0 Å². The lowest BCUT2D eigenvalue weighted by molar-refractivity contribution is 0.0286. The first-order valence-electron chi connectivity index (χ1n) is 7.82. The average molecular weight is 328 g/mol. The van der Waals surface area contributed by atoms with Crippen LogP contribution in [0.5, 0.6) is 0 Å². The molecule has 21 heavy (non-hydrogen) atoms. The predicted octanol–water partition coefficient (Wildman–Crippen LogP) is 3.16. The van der Waals surface area contributed by atoms with E-state index in [0.717, 1.165) is 35.2 Å². The van der Waals surface area contributed by atoms with E-state index in [1.54, 1.807) is 0 Å². The summed E-state index contributed by atoms with van der Waals surface area (Å²) in [4.78, 5) is 5.12. The minimum absolute atomic E-state index is 0.167. The zero-order chi connectivity index (χ0) is 14.8. The molecular weight excluding hydrogens is 305 g/mol. The Hall–Kier alpha value is -0.320. The molecule has 2 N–H and O–H groups in total. The molecule has 5 heteroatoms. The summed E-state index contributed by atoms with van der Waals surface area (Å²) in [6.07, 6.45) is 3.99. The highest BCUT2D eigenvalue weighted by Gasteiger charge is 2.32. The largest absolute Gasteiger partial charge is 0.329 e. The Morgan fingerprint density at radius 3 is 2.86 bits per heavy atom. The minimum Gasteiger partial charge on any atom is -0.329 e. The number of piperidine rings is 1. The normalized spacial score (nSPS) is 25.6. The second-order valence-electron chi connectivity index (χ2n) is 6.10. The van der Waals surface area contributed by atoms with Gasteiger partial charge in [-0.2, -0.15) is 0 Å². The van der Waals surface area contributed by atoms with Crippen LogP contribution in [0.25, 0.3) is 0 Å². The lowest BCUT2D eigenvalue weighted by atomic mass is 9.97. The van der Waals surface area contributed by atoms with Gasteiger partial charge in [-0.15, -0.1) is 0 Å².